The molecule has 0 saturated heterocycles. The number of hydrogen-bond acceptors (Lipinski definition) is 1. The van der Waals surface area contributed by atoms with Gasteiger partial charge in [0.2, 0.25) is 0 Å². The minimum Gasteiger partial charge on any atom is -0.389 e. The molecule has 0 aromatic carbocycles. The minimum atomic E-state index is -0.308. The summed E-state index contributed by atoms with van der Waals surface area (Å²) in [7, 11) is 0. The minimum absolute atomic E-state index is 0.308. The number of fused-ring (bicyclic) bond motifs is 1. The summed E-state index contributed by atoms with van der Waals surface area (Å²) in [6, 6.07) is 0. The van der Waals surface area contributed by atoms with Gasteiger partial charge in [0.1, 0.15) is 0 Å². The van der Waals surface area contributed by atoms with Crippen LogP contribution in [0.3, 0.4) is 0 Å². The lowest BCUT2D eigenvalue weighted by Crippen LogP contribution is -2.43. The third-order valence-electron chi connectivity index (χ3n) is 4.51. The Hall–Kier alpha value is -0.0400. The molecule has 1 N–H and O–H groups in total. The van der Waals surface area contributed by atoms with Crippen molar-refractivity contribution in [1.29, 1.82) is 0 Å². The summed E-state index contributed by atoms with van der Waals surface area (Å²) in [6.45, 7) is 6.69. The first-order chi connectivity index (χ1) is 6.05. The zero-order valence-electron chi connectivity index (χ0n) is 9.09. The van der Waals surface area contributed by atoms with Crippen LogP contribution in [0, 0.1) is 23.7 Å². The van der Waals surface area contributed by atoms with Gasteiger partial charge in [-0.15, -0.1) is 0 Å². The molecule has 1 nitrogen and oxygen atoms in total. The molecule has 0 aromatic rings. The highest BCUT2D eigenvalue weighted by molar-refractivity contribution is 5.06. The third-order valence-corrected chi connectivity index (χ3v) is 4.51. The molecule has 2 aliphatic rings. The van der Waals surface area contributed by atoms with E-state index in [-0.39, 0.29) is 5.60 Å². The Labute approximate surface area is 81.5 Å². The van der Waals surface area contributed by atoms with Crippen LogP contribution < -0.4 is 0 Å². The van der Waals surface area contributed by atoms with Gasteiger partial charge in [0.25, 0.3) is 0 Å². The second-order valence-corrected chi connectivity index (χ2v) is 5.52. The monoisotopic (exact) mass is 182 g/mol. The molecule has 2 fully saturated rings. The Bertz CT molecular complexity index is 199. The van der Waals surface area contributed by atoms with E-state index in [0.29, 0.717) is 17.8 Å². The molecule has 1 heteroatoms. The summed E-state index contributed by atoms with van der Waals surface area (Å²) in [5.74, 6) is 2.62. The van der Waals surface area contributed by atoms with Gasteiger partial charge >= 0.3 is 0 Å². The van der Waals surface area contributed by atoms with E-state index in [0.717, 1.165) is 12.3 Å². The van der Waals surface area contributed by atoms with Crippen molar-refractivity contribution in [2.24, 2.45) is 23.7 Å². The average molecular weight is 182 g/mol. The third kappa shape index (κ3) is 1.41. The number of hydrogen-bond donors (Lipinski definition) is 1. The summed E-state index contributed by atoms with van der Waals surface area (Å²) in [5, 5.41) is 10.6. The molecule has 13 heavy (non-hydrogen) atoms. The molecule has 0 aromatic heterocycles. The molecule has 0 heterocycles. The predicted molar refractivity (Wildman–Crippen MR) is 54.4 cm³/mol. The van der Waals surface area contributed by atoms with Crippen LogP contribution in [0.2, 0.25) is 0 Å². The maximum Gasteiger partial charge on any atom is 0.0706 e. The van der Waals surface area contributed by atoms with Crippen LogP contribution in [-0.4, -0.2) is 10.7 Å². The van der Waals surface area contributed by atoms with Crippen LogP contribution in [0.15, 0.2) is 0 Å². The van der Waals surface area contributed by atoms with Gasteiger partial charge < -0.3 is 5.11 Å². The highest BCUT2D eigenvalue weighted by Gasteiger charge is 2.56. The predicted octanol–water partition coefficient (Wildman–Crippen LogP) is 2.83. The van der Waals surface area contributed by atoms with Crippen LogP contribution in [0.5, 0.6) is 0 Å². The molecule has 0 spiro atoms. The van der Waals surface area contributed by atoms with Crippen molar-refractivity contribution >= 4 is 0 Å². The van der Waals surface area contributed by atoms with Gasteiger partial charge in [-0.1, -0.05) is 27.2 Å². The van der Waals surface area contributed by atoms with Crippen LogP contribution in [-0.2, 0) is 0 Å². The number of rotatable bonds is 2. The standard InChI is InChI=1S/C12H22O/c1-8(2)9(3)12(13)6-4-5-10-7-11(10)12/h8-11,13H,4-7H2,1-3H3. The quantitative estimate of drug-likeness (QED) is 0.696. The first-order valence-electron chi connectivity index (χ1n) is 5.78. The van der Waals surface area contributed by atoms with Crippen molar-refractivity contribution in [3.05, 3.63) is 0 Å². The first-order valence-corrected chi connectivity index (χ1v) is 5.78. The average Bonchev–Trinajstić information content (AvgIpc) is 2.83. The Balaban J connectivity index is 2.09. The molecular formula is C12H22O. The lowest BCUT2D eigenvalue weighted by molar-refractivity contribution is -0.0714. The fourth-order valence-corrected chi connectivity index (χ4v) is 3.15. The van der Waals surface area contributed by atoms with E-state index in [4.69, 9.17) is 0 Å². The largest absolute Gasteiger partial charge is 0.389 e. The molecule has 2 rings (SSSR count). The van der Waals surface area contributed by atoms with Crippen molar-refractivity contribution in [2.45, 2.75) is 52.1 Å². The van der Waals surface area contributed by atoms with Crippen LogP contribution in [0.25, 0.3) is 0 Å². The van der Waals surface area contributed by atoms with E-state index in [1.165, 1.54) is 19.3 Å². The summed E-state index contributed by atoms with van der Waals surface area (Å²) < 4.78 is 0. The Morgan fingerprint density at radius 3 is 2.62 bits per heavy atom. The normalized spacial score (nSPS) is 45.9. The fourth-order valence-electron chi connectivity index (χ4n) is 3.15. The van der Waals surface area contributed by atoms with E-state index in [2.05, 4.69) is 20.8 Å². The Kier molecular flexibility index (Phi) is 2.18. The molecule has 76 valence electrons. The molecule has 4 atom stereocenters. The topological polar surface area (TPSA) is 20.2 Å². The molecular weight excluding hydrogens is 160 g/mol. The van der Waals surface area contributed by atoms with Crippen LogP contribution in [0.1, 0.15) is 46.5 Å². The maximum absolute atomic E-state index is 10.6. The molecule has 4 unspecified atom stereocenters. The summed E-state index contributed by atoms with van der Waals surface area (Å²) >= 11 is 0. The van der Waals surface area contributed by atoms with Gasteiger partial charge in [0, 0.05) is 0 Å². The van der Waals surface area contributed by atoms with Crippen molar-refractivity contribution < 1.29 is 5.11 Å². The van der Waals surface area contributed by atoms with Gasteiger partial charge in [0.15, 0.2) is 0 Å². The maximum atomic E-state index is 10.6. The van der Waals surface area contributed by atoms with E-state index in [1.807, 2.05) is 0 Å². The fraction of sp³-hybridized carbons (Fsp3) is 1.00. The lowest BCUT2D eigenvalue weighted by atomic mass is 9.72. The second-order valence-electron chi connectivity index (χ2n) is 5.52. The molecule has 0 radical (unpaired) electrons. The van der Waals surface area contributed by atoms with Crippen LogP contribution >= 0.6 is 0 Å². The summed E-state index contributed by atoms with van der Waals surface area (Å²) in [6.07, 6.45) is 4.97. The summed E-state index contributed by atoms with van der Waals surface area (Å²) in [5.41, 5.74) is -0.308. The summed E-state index contributed by atoms with van der Waals surface area (Å²) in [4.78, 5) is 0. The SMILES string of the molecule is CC(C)C(C)C1(O)CCCC2CC21. The highest BCUT2D eigenvalue weighted by Crippen LogP contribution is 2.58. The van der Waals surface area contributed by atoms with Gasteiger partial charge in [-0.3, -0.25) is 0 Å². The molecule has 0 bridgehead atoms. The van der Waals surface area contributed by atoms with Crippen LogP contribution in [0.4, 0.5) is 0 Å². The van der Waals surface area contributed by atoms with E-state index >= 15 is 0 Å². The van der Waals surface area contributed by atoms with Crippen molar-refractivity contribution in [3.63, 3.8) is 0 Å². The van der Waals surface area contributed by atoms with Gasteiger partial charge in [-0.25, -0.2) is 0 Å². The molecule has 0 aliphatic heterocycles. The van der Waals surface area contributed by atoms with E-state index < -0.39 is 0 Å². The highest BCUT2D eigenvalue weighted by atomic mass is 16.3. The molecule has 0 amide bonds. The second kappa shape index (κ2) is 2.98. The Morgan fingerprint density at radius 1 is 1.31 bits per heavy atom. The lowest BCUT2D eigenvalue weighted by Gasteiger charge is -2.39. The zero-order chi connectivity index (χ0) is 9.64. The first kappa shape index (κ1) is 9.51. The van der Waals surface area contributed by atoms with E-state index in [9.17, 15) is 5.11 Å². The van der Waals surface area contributed by atoms with Gasteiger partial charge in [-0.05, 0) is 42.9 Å². The zero-order valence-corrected chi connectivity index (χ0v) is 9.09. The van der Waals surface area contributed by atoms with E-state index in [1.54, 1.807) is 0 Å². The van der Waals surface area contributed by atoms with Crippen molar-refractivity contribution in [2.75, 3.05) is 0 Å². The van der Waals surface area contributed by atoms with Gasteiger partial charge in [0.05, 0.1) is 5.60 Å². The van der Waals surface area contributed by atoms with Crippen molar-refractivity contribution in [3.8, 4) is 0 Å². The van der Waals surface area contributed by atoms with Gasteiger partial charge in [-0.2, -0.15) is 0 Å². The molecule has 2 aliphatic carbocycles. The smallest absolute Gasteiger partial charge is 0.0706 e. The molecule has 2 saturated carbocycles. The Morgan fingerprint density at radius 2 is 2.00 bits per heavy atom. The number of aliphatic hydroxyl groups is 1. The van der Waals surface area contributed by atoms with Crippen molar-refractivity contribution in [1.82, 2.24) is 0 Å².